The Labute approximate surface area is 125 Å². The third-order valence-corrected chi connectivity index (χ3v) is 4.24. The molecule has 0 aliphatic carbocycles. The smallest absolute Gasteiger partial charge is 0.272 e. The van der Waals surface area contributed by atoms with Crippen LogP contribution >= 0.6 is 0 Å². The first-order valence-electron chi connectivity index (χ1n) is 7.72. The first kappa shape index (κ1) is 14.3. The van der Waals surface area contributed by atoms with E-state index < -0.39 is 0 Å². The van der Waals surface area contributed by atoms with Crippen molar-refractivity contribution in [1.29, 1.82) is 0 Å². The molecule has 6 heteroatoms. The number of rotatable bonds is 2. The van der Waals surface area contributed by atoms with Crippen LogP contribution in [0.15, 0.2) is 6.07 Å². The van der Waals surface area contributed by atoms with Crippen molar-refractivity contribution in [2.24, 2.45) is 0 Å². The monoisotopic (exact) mass is 289 g/mol. The lowest BCUT2D eigenvalue weighted by molar-refractivity contribution is 0.0786. The first-order chi connectivity index (χ1) is 10.1. The summed E-state index contributed by atoms with van der Waals surface area (Å²) >= 11 is 0. The van der Waals surface area contributed by atoms with Gasteiger partial charge in [0.1, 0.15) is 5.69 Å². The molecule has 1 aromatic rings. The van der Waals surface area contributed by atoms with Crippen molar-refractivity contribution < 1.29 is 4.79 Å². The Hall–Kier alpha value is -1.69. The van der Waals surface area contributed by atoms with Gasteiger partial charge in [-0.15, -0.1) is 0 Å². The van der Waals surface area contributed by atoms with E-state index in [4.69, 9.17) is 0 Å². The molecule has 0 atom stereocenters. The number of nitrogens with zero attached hydrogens (tertiary/aromatic N) is 5. The number of aromatic nitrogens is 2. The second-order valence-electron chi connectivity index (χ2n) is 5.98. The van der Waals surface area contributed by atoms with Gasteiger partial charge in [0.25, 0.3) is 5.91 Å². The van der Waals surface area contributed by atoms with E-state index in [1.165, 1.54) is 0 Å². The zero-order chi connectivity index (χ0) is 14.8. The molecule has 1 aromatic heterocycles. The summed E-state index contributed by atoms with van der Waals surface area (Å²) in [5, 5.41) is 0. The fourth-order valence-corrected chi connectivity index (χ4v) is 2.89. The third-order valence-electron chi connectivity index (χ3n) is 4.24. The Morgan fingerprint density at radius 3 is 2.38 bits per heavy atom. The Balaban J connectivity index is 1.80. The van der Waals surface area contributed by atoms with Gasteiger partial charge >= 0.3 is 0 Å². The number of piperazine rings is 1. The van der Waals surface area contributed by atoms with Gasteiger partial charge in [-0.1, -0.05) is 0 Å². The van der Waals surface area contributed by atoms with Crippen molar-refractivity contribution in [1.82, 2.24) is 19.8 Å². The normalized spacial score (nSPS) is 20.1. The Kier molecular flexibility index (Phi) is 4.05. The summed E-state index contributed by atoms with van der Waals surface area (Å²) < 4.78 is 0. The van der Waals surface area contributed by atoms with Gasteiger partial charge in [0.15, 0.2) is 0 Å². The second-order valence-corrected chi connectivity index (χ2v) is 5.98. The molecule has 0 bridgehead atoms. The van der Waals surface area contributed by atoms with Crippen LogP contribution in [0.1, 0.15) is 29.0 Å². The number of carbonyl (C=O) groups is 1. The van der Waals surface area contributed by atoms with E-state index >= 15 is 0 Å². The molecular formula is C15H23N5O. The van der Waals surface area contributed by atoms with Crippen LogP contribution < -0.4 is 4.90 Å². The van der Waals surface area contributed by atoms with Crippen molar-refractivity contribution in [2.45, 2.75) is 19.8 Å². The molecule has 2 aliphatic heterocycles. The summed E-state index contributed by atoms with van der Waals surface area (Å²) in [6, 6.07) is 1.81. The summed E-state index contributed by atoms with van der Waals surface area (Å²) in [6.45, 7) is 7.48. The largest absolute Gasteiger partial charge is 0.338 e. The minimum atomic E-state index is 0.0494. The molecule has 0 unspecified atom stereocenters. The number of hydrogen-bond donors (Lipinski definition) is 0. The lowest BCUT2D eigenvalue weighted by Crippen LogP contribution is -2.45. The number of carbonyl (C=O) groups excluding carboxylic acids is 1. The Morgan fingerprint density at radius 2 is 1.71 bits per heavy atom. The summed E-state index contributed by atoms with van der Waals surface area (Å²) in [4.78, 5) is 27.9. The van der Waals surface area contributed by atoms with Crippen LogP contribution in [0.2, 0.25) is 0 Å². The predicted octanol–water partition coefficient (Wildman–Crippen LogP) is 0.773. The molecule has 3 heterocycles. The molecule has 3 rings (SSSR count). The minimum Gasteiger partial charge on any atom is -0.338 e. The quantitative estimate of drug-likeness (QED) is 0.805. The minimum absolute atomic E-state index is 0.0494. The second kappa shape index (κ2) is 5.97. The van der Waals surface area contributed by atoms with Crippen LogP contribution in [-0.2, 0) is 0 Å². The number of anilines is 1. The molecule has 0 saturated carbocycles. The van der Waals surface area contributed by atoms with Gasteiger partial charge in [0, 0.05) is 45.0 Å². The van der Waals surface area contributed by atoms with Crippen molar-refractivity contribution in [3.05, 3.63) is 17.5 Å². The number of likely N-dealkylation sites (N-methyl/N-ethyl adjacent to an activating group) is 1. The zero-order valence-electron chi connectivity index (χ0n) is 12.9. The van der Waals surface area contributed by atoms with E-state index in [2.05, 4.69) is 26.8 Å². The molecule has 6 nitrogen and oxygen atoms in total. The lowest BCUT2D eigenvalue weighted by Gasteiger charge is -2.32. The van der Waals surface area contributed by atoms with Crippen molar-refractivity contribution in [2.75, 3.05) is 51.2 Å². The average molecular weight is 289 g/mol. The lowest BCUT2D eigenvalue weighted by atomic mass is 10.3. The van der Waals surface area contributed by atoms with Crippen molar-refractivity contribution in [3.63, 3.8) is 0 Å². The van der Waals surface area contributed by atoms with Gasteiger partial charge in [-0.2, -0.15) is 0 Å². The molecular weight excluding hydrogens is 266 g/mol. The highest BCUT2D eigenvalue weighted by Gasteiger charge is 2.23. The number of likely N-dealkylation sites (tertiary alicyclic amines) is 1. The molecule has 0 spiro atoms. The molecule has 2 saturated heterocycles. The standard InChI is InChI=1S/C15H23N5O/c1-12-11-13(14(21)19-5-3-4-6-19)17-15(16-12)20-9-7-18(2)8-10-20/h11H,3-10H2,1-2H3. The van der Waals surface area contributed by atoms with E-state index in [0.717, 1.165) is 57.8 Å². The van der Waals surface area contributed by atoms with Gasteiger partial charge in [0.2, 0.25) is 5.95 Å². The van der Waals surface area contributed by atoms with Crippen LogP contribution in [0, 0.1) is 6.92 Å². The van der Waals surface area contributed by atoms with Crippen LogP contribution in [0.5, 0.6) is 0 Å². The van der Waals surface area contributed by atoms with Gasteiger partial charge in [0.05, 0.1) is 0 Å². The number of hydrogen-bond acceptors (Lipinski definition) is 5. The van der Waals surface area contributed by atoms with Gasteiger partial charge in [-0.3, -0.25) is 4.79 Å². The van der Waals surface area contributed by atoms with Crippen LogP contribution in [-0.4, -0.2) is 72.0 Å². The fourth-order valence-electron chi connectivity index (χ4n) is 2.89. The molecule has 2 fully saturated rings. The molecule has 2 aliphatic rings. The highest BCUT2D eigenvalue weighted by Crippen LogP contribution is 2.16. The molecule has 1 amide bonds. The van der Waals surface area contributed by atoms with Gasteiger partial charge in [-0.05, 0) is 32.9 Å². The fraction of sp³-hybridized carbons (Fsp3) is 0.667. The highest BCUT2D eigenvalue weighted by molar-refractivity contribution is 5.92. The van der Waals surface area contributed by atoms with Crippen LogP contribution in [0.4, 0.5) is 5.95 Å². The third kappa shape index (κ3) is 3.15. The Morgan fingerprint density at radius 1 is 1.05 bits per heavy atom. The number of aryl methyl sites for hydroxylation is 1. The maximum Gasteiger partial charge on any atom is 0.272 e. The number of amides is 1. The maximum absolute atomic E-state index is 12.5. The molecule has 0 N–H and O–H groups in total. The average Bonchev–Trinajstić information content (AvgIpc) is 3.00. The van der Waals surface area contributed by atoms with Gasteiger partial charge in [-0.25, -0.2) is 9.97 Å². The maximum atomic E-state index is 12.5. The zero-order valence-corrected chi connectivity index (χ0v) is 12.9. The highest BCUT2D eigenvalue weighted by atomic mass is 16.2. The van der Waals surface area contributed by atoms with Gasteiger partial charge < -0.3 is 14.7 Å². The Bertz CT molecular complexity index is 519. The molecule has 114 valence electrons. The van der Waals surface area contributed by atoms with Crippen LogP contribution in [0.3, 0.4) is 0 Å². The van der Waals surface area contributed by atoms with E-state index in [9.17, 15) is 4.79 Å². The van der Waals surface area contributed by atoms with Crippen molar-refractivity contribution >= 4 is 11.9 Å². The van der Waals surface area contributed by atoms with E-state index in [-0.39, 0.29) is 5.91 Å². The van der Waals surface area contributed by atoms with Crippen molar-refractivity contribution in [3.8, 4) is 0 Å². The molecule has 0 radical (unpaired) electrons. The SMILES string of the molecule is Cc1cc(C(=O)N2CCCC2)nc(N2CCN(C)CC2)n1. The van der Waals surface area contributed by atoms with E-state index in [1.54, 1.807) is 6.07 Å². The van der Waals surface area contributed by atoms with E-state index in [1.807, 2.05) is 11.8 Å². The predicted molar refractivity (Wildman–Crippen MR) is 81.6 cm³/mol. The summed E-state index contributed by atoms with van der Waals surface area (Å²) in [5.74, 6) is 0.749. The molecule has 21 heavy (non-hydrogen) atoms. The summed E-state index contributed by atoms with van der Waals surface area (Å²) in [5.41, 5.74) is 1.40. The first-order valence-corrected chi connectivity index (χ1v) is 7.72. The van der Waals surface area contributed by atoms with Crippen LogP contribution in [0.25, 0.3) is 0 Å². The summed E-state index contributed by atoms with van der Waals surface area (Å²) in [7, 11) is 2.12. The summed E-state index contributed by atoms with van der Waals surface area (Å²) in [6.07, 6.45) is 2.20. The van der Waals surface area contributed by atoms with E-state index in [0.29, 0.717) is 11.6 Å². The molecule has 0 aromatic carbocycles. The topological polar surface area (TPSA) is 52.6 Å².